The van der Waals surface area contributed by atoms with Gasteiger partial charge in [-0.15, -0.1) is 0 Å². The normalized spacial score (nSPS) is 10.8. The second kappa shape index (κ2) is 10.1. The van der Waals surface area contributed by atoms with Gasteiger partial charge in [-0.2, -0.15) is 0 Å². The fraction of sp³-hybridized carbons (Fsp3) is 0.600. The number of benzene rings is 1. The summed E-state index contributed by atoms with van der Waals surface area (Å²) >= 11 is 0. The van der Waals surface area contributed by atoms with Crippen LogP contribution in [0.2, 0.25) is 0 Å². The second-order valence-corrected chi connectivity index (χ2v) is 4.78. The van der Waals surface area contributed by atoms with E-state index in [4.69, 9.17) is 4.74 Å². The molecule has 1 N–H and O–H groups in total. The predicted molar refractivity (Wildman–Crippen MR) is 83.9 cm³/mol. The van der Waals surface area contributed by atoms with Crippen molar-refractivity contribution in [2.24, 2.45) is 0 Å². The Balaban J connectivity index is 2.12. The highest BCUT2D eigenvalue weighted by Gasteiger charge is 2.04. The van der Waals surface area contributed by atoms with E-state index in [-0.39, 0.29) is 5.69 Å². The molecular weight excluding hydrogens is 270 g/mol. The van der Waals surface area contributed by atoms with Gasteiger partial charge in [-0.3, -0.25) is 10.1 Å². The topological polar surface area (TPSA) is 67.6 Å². The first-order valence-corrected chi connectivity index (χ1v) is 7.47. The molecule has 0 aliphatic carbocycles. The molecule has 0 aliphatic heterocycles. The van der Waals surface area contributed by atoms with Crippen LogP contribution in [0.5, 0.6) is 5.75 Å². The van der Waals surface area contributed by atoms with Crippen molar-refractivity contribution < 1.29 is 9.66 Å². The summed E-state index contributed by atoms with van der Waals surface area (Å²) in [4.78, 5) is 12.5. The first kappa shape index (κ1) is 17.4. The highest BCUT2D eigenvalue weighted by Crippen LogP contribution is 2.16. The lowest BCUT2D eigenvalue weighted by molar-refractivity contribution is -0.384. The minimum Gasteiger partial charge on any atom is -0.492 e. The maximum Gasteiger partial charge on any atom is 0.269 e. The van der Waals surface area contributed by atoms with Crippen molar-refractivity contribution in [2.75, 3.05) is 39.3 Å². The van der Waals surface area contributed by atoms with Crippen LogP contribution in [0.3, 0.4) is 0 Å². The molecule has 1 aromatic rings. The van der Waals surface area contributed by atoms with Crippen molar-refractivity contribution in [1.29, 1.82) is 0 Å². The van der Waals surface area contributed by atoms with Gasteiger partial charge in [0.1, 0.15) is 12.4 Å². The van der Waals surface area contributed by atoms with Crippen LogP contribution in [0, 0.1) is 10.1 Å². The Morgan fingerprint density at radius 3 is 2.48 bits per heavy atom. The molecule has 0 radical (unpaired) electrons. The molecule has 0 unspecified atom stereocenters. The lowest BCUT2D eigenvalue weighted by atomic mass is 10.3. The van der Waals surface area contributed by atoms with Crippen molar-refractivity contribution in [1.82, 2.24) is 10.2 Å². The third-order valence-corrected chi connectivity index (χ3v) is 3.19. The SMILES string of the molecule is CCCN(CC)CCNCCOc1ccc([N+](=O)[O-])cc1. The Hall–Kier alpha value is -1.66. The van der Waals surface area contributed by atoms with Crippen LogP contribution in [0.4, 0.5) is 5.69 Å². The molecule has 118 valence electrons. The Bertz CT molecular complexity index is 409. The molecule has 0 atom stereocenters. The molecule has 1 rings (SSSR count). The molecule has 1 aromatic carbocycles. The minimum absolute atomic E-state index is 0.0797. The number of likely N-dealkylation sites (N-methyl/N-ethyl adjacent to an activating group) is 1. The van der Waals surface area contributed by atoms with E-state index in [1.165, 1.54) is 18.6 Å². The summed E-state index contributed by atoms with van der Waals surface area (Å²) in [7, 11) is 0. The Morgan fingerprint density at radius 2 is 1.90 bits per heavy atom. The van der Waals surface area contributed by atoms with Gasteiger partial charge in [0, 0.05) is 31.8 Å². The first-order chi connectivity index (χ1) is 10.2. The zero-order valence-electron chi connectivity index (χ0n) is 12.9. The first-order valence-electron chi connectivity index (χ1n) is 7.47. The second-order valence-electron chi connectivity index (χ2n) is 4.78. The van der Waals surface area contributed by atoms with E-state index in [0.29, 0.717) is 12.4 Å². The lowest BCUT2D eigenvalue weighted by Gasteiger charge is -2.19. The number of rotatable bonds is 11. The monoisotopic (exact) mass is 295 g/mol. The van der Waals surface area contributed by atoms with Gasteiger partial charge in [-0.1, -0.05) is 13.8 Å². The predicted octanol–water partition coefficient (Wildman–Crippen LogP) is 2.30. The van der Waals surface area contributed by atoms with Gasteiger partial charge < -0.3 is 15.0 Å². The van der Waals surface area contributed by atoms with Crippen LogP contribution in [-0.2, 0) is 0 Å². The van der Waals surface area contributed by atoms with Gasteiger partial charge in [-0.05, 0) is 31.6 Å². The van der Waals surface area contributed by atoms with E-state index in [9.17, 15) is 10.1 Å². The molecule has 0 bridgehead atoms. The summed E-state index contributed by atoms with van der Waals surface area (Å²) in [6.07, 6.45) is 1.18. The smallest absolute Gasteiger partial charge is 0.269 e. The molecule has 0 spiro atoms. The molecule has 0 saturated carbocycles. The van der Waals surface area contributed by atoms with Crippen molar-refractivity contribution in [2.45, 2.75) is 20.3 Å². The average molecular weight is 295 g/mol. The third kappa shape index (κ3) is 7.06. The highest BCUT2D eigenvalue weighted by atomic mass is 16.6. The molecule has 0 saturated heterocycles. The summed E-state index contributed by atoms with van der Waals surface area (Å²) in [6, 6.07) is 6.15. The van der Waals surface area contributed by atoms with Gasteiger partial charge in [-0.25, -0.2) is 0 Å². The number of nitrogens with one attached hydrogen (secondary N) is 1. The molecule has 0 amide bonds. The molecule has 0 fully saturated rings. The van der Waals surface area contributed by atoms with Crippen LogP contribution in [0.1, 0.15) is 20.3 Å². The van der Waals surface area contributed by atoms with Crippen LogP contribution in [0.25, 0.3) is 0 Å². The Morgan fingerprint density at radius 1 is 1.19 bits per heavy atom. The Labute approximate surface area is 126 Å². The number of nitrogens with zero attached hydrogens (tertiary/aromatic N) is 2. The van der Waals surface area contributed by atoms with Gasteiger partial charge >= 0.3 is 0 Å². The fourth-order valence-corrected chi connectivity index (χ4v) is 2.01. The number of ether oxygens (including phenoxy) is 1. The van der Waals surface area contributed by atoms with E-state index >= 15 is 0 Å². The van der Waals surface area contributed by atoms with Gasteiger partial charge in [0.15, 0.2) is 0 Å². The summed E-state index contributed by atoms with van der Waals surface area (Å²) in [5.74, 6) is 0.656. The van der Waals surface area contributed by atoms with Crippen molar-refractivity contribution >= 4 is 5.69 Å². The van der Waals surface area contributed by atoms with E-state index in [0.717, 1.165) is 32.7 Å². The summed E-state index contributed by atoms with van der Waals surface area (Å²) in [6.45, 7) is 9.88. The molecule has 6 heteroatoms. The summed E-state index contributed by atoms with van der Waals surface area (Å²) in [5.41, 5.74) is 0.0797. The molecule has 0 heterocycles. The number of nitro benzene ring substituents is 1. The van der Waals surface area contributed by atoms with Gasteiger partial charge in [0.2, 0.25) is 0 Å². The number of hydrogen-bond acceptors (Lipinski definition) is 5. The Kier molecular flexibility index (Phi) is 8.38. The number of non-ortho nitro benzene ring substituents is 1. The number of hydrogen-bond donors (Lipinski definition) is 1. The minimum atomic E-state index is -0.416. The quantitative estimate of drug-likeness (QED) is 0.385. The zero-order valence-corrected chi connectivity index (χ0v) is 12.9. The van der Waals surface area contributed by atoms with E-state index in [2.05, 4.69) is 24.1 Å². The summed E-state index contributed by atoms with van der Waals surface area (Å²) < 4.78 is 5.52. The third-order valence-electron chi connectivity index (χ3n) is 3.19. The van der Waals surface area contributed by atoms with Crippen LogP contribution in [0.15, 0.2) is 24.3 Å². The van der Waals surface area contributed by atoms with Crippen molar-refractivity contribution in [3.05, 3.63) is 34.4 Å². The molecule has 21 heavy (non-hydrogen) atoms. The molecule has 6 nitrogen and oxygen atoms in total. The van der Waals surface area contributed by atoms with Gasteiger partial charge in [0.05, 0.1) is 4.92 Å². The highest BCUT2D eigenvalue weighted by molar-refractivity contribution is 5.35. The van der Waals surface area contributed by atoms with Crippen molar-refractivity contribution in [3.8, 4) is 5.75 Å². The maximum atomic E-state index is 10.5. The molecule has 0 aromatic heterocycles. The maximum absolute atomic E-state index is 10.5. The van der Waals surface area contributed by atoms with Gasteiger partial charge in [0.25, 0.3) is 5.69 Å². The fourth-order valence-electron chi connectivity index (χ4n) is 2.01. The van der Waals surface area contributed by atoms with E-state index < -0.39 is 4.92 Å². The van der Waals surface area contributed by atoms with E-state index in [1.54, 1.807) is 12.1 Å². The van der Waals surface area contributed by atoms with Crippen LogP contribution in [-0.4, -0.2) is 49.2 Å². The van der Waals surface area contributed by atoms with Crippen LogP contribution < -0.4 is 10.1 Å². The summed E-state index contributed by atoms with van der Waals surface area (Å²) in [5, 5.41) is 13.9. The molecule has 0 aliphatic rings. The van der Waals surface area contributed by atoms with Crippen molar-refractivity contribution in [3.63, 3.8) is 0 Å². The largest absolute Gasteiger partial charge is 0.492 e. The van der Waals surface area contributed by atoms with Crippen LogP contribution >= 0.6 is 0 Å². The lowest BCUT2D eigenvalue weighted by Crippen LogP contribution is -2.34. The average Bonchev–Trinajstić information content (AvgIpc) is 2.50. The number of nitro groups is 1. The zero-order chi connectivity index (χ0) is 15.5. The molecular formula is C15H25N3O3. The standard InChI is InChI=1S/C15H25N3O3/c1-3-11-17(4-2)12-9-16-10-13-21-15-7-5-14(6-8-15)18(19)20/h5-8,16H,3-4,9-13H2,1-2H3. The van der Waals surface area contributed by atoms with E-state index in [1.807, 2.05) is 0 Å².